The number of nitrogens with zero attached hydrogens (tertiary/aromatic N) is 3. The lowest BCUT2D eigenvalue weighted by atomic mass is 10.1. The summed E-state index contributed by atoms with van der Waals surface area (Å²) in [4.78, 5) is 11.4. The van der Waals surface area contributed by atoms with Crippen molar-refractivity contribution in [3.05, 3.63) is 21.9 Å². The third-order valence-corrected chi connectivity index (χ3v) is 6.08. The quantitative estimate of drug-likeness (QED) is 0.621. The summed E-state index contributed by atoms with van der Waals surface area (Å²) in [7, 11) is 0. The van der Waals surface area contributed by atoms with Gasteiger partial charge in [-0.25, -0.2) is 4.39 Å². The van der Waals surface area contributed by atoms with Crippen molar-refractivity contribution in [1.82, 2.24) is 9.97 Å². The second kappa shape index (κ2) is 9.83. The summed E-state index contributed by atoms with van der Waals surface area (Å²) >= 11 is 3.34. The number of hydrogen-bond donors (Lipinski definition) is 0. The third kappa shape index (κ3) is 4.57. The van der Waals surface area contributed by atoms with Crippen LogP contribution >= 0.6 is 15.9 Å². The van der Waals surface area contributed by atoms with E-state index < -0.39 is 0 Å². The molecule has 0 amide bonds. The minimum atomic E-state index is -0.350. The smallest absolute Gasteiger partial charge is 0.319 e. The largest absolute Gasteiger partial charge is 0.460 e. The number of anilines is 1. The summed E-state index contributed by atoms with van der Waals surface area (Å²) in [6.07, 6.45) is 5.11. The molecular weight excluding hydrogens is 425 g/mol. The van der Waals surface area contributed by atoms with Crippen molar-refractivity contribution in [2.45, 2.75) is 59.0 Å². The second-order valence-electron chi connectivity index (χ2n) is 7.02. The van der Waals surface area contributed by atoms with E-state index in [0.29, 0.717) is 23.2 Å². The Hall–Kier alpha value is -1.47. The Morgan fingerprint density at radius 3 is 2.50 bits per heavy atom. The number of ether oxygens (including phenoxy) is 2. The SMILES string of the molecule is CC.Cc1cc2c(N3CCCCC3)nc(OC3CCOCC3)nc2c(F)c1Br. The van der Waals surface area contributed by atoms with E-state index in [1.165, 1.54) is 6.42 Å². The van der Waals surface area contributed by atoms with Crippen molar-refractivity contribution < 1.29 is 13.9 Å². The predicted octanol–water partition coefficient (Wildman–Crippen LogP) is 5.41. The Bertz CT molecular complexity index is 806. The molecule has 154 valence electrons. The molecule has 4 rings (SSSR count). The lowest BCUT2D eigenvalue weighted by Gasteiger charge is -2.29. The van der Waals surface area contributed by atoms with Crippen molar-refractivity contribution >= 4 is 32.7 Å². The topological polar surface area (TPSA) is 47.5 Å². The molecule has 1 aromatic carbocycles. The highest BCUT2D eigenvalue weighted by Gasteiger charge is 2.23. The average molecular weight is 454 g/mol. The Kier molecular flexibility index (Phi) is 7.46. The van der Waals surface area contributed by atoms with Crippen molar-refractivity contribution in [3.63, 3.8) is 0 Å². The molecule has 0 unspecified atom stereocenters. The first-order chi connectivity index (χ1) is 13.6. The van der Waals surface area contributed by atoms with Crippen LogP contribution in [0.4, 0.5) is 10.2 Å². The fourth-order valence-corrected chi connectivity index (χ4v) is 3.94. The van der Waals surface area contributed by atoms with E-state index in [1.807, 2.05) is 26.8 Å². The molecule has 0 spiro atoms. The summed E-state index contributed by atoms with van der Waals surface area (Å²) in [6, 6.07) is 2.23. The minimum Gasteiger partial charge on any atom is -0.460 e. The molecule has 3 heterocycles. The first-order valence-electron chi connectivity index (χ1n) is 10.3. The van der Waals surface area contributed by atoms with Gasteiger partial charge in [0.15, 0.2) is 5.82 Å². The van der Waals surface area contributed by atoms with Gasteiger partial charge in [-0.2, -0.15) is 9.97 Å². The minimum absolute atomic E-state index is 0.0207. The van der Waals surface area contributed by atoms with Crippen molar-refractivity contribution in [1.29, 1.82) is 0 Å². The van der Waals surface area contributed by atoms with E-state index in [0.717, 1.165) is 55.5 Å². The highest BCUT2D eigenvalue weighted by atomic mass is 79.9. The number of hydrogen-bond acceptors (Lipinski definition) is 5. The number of aromatic nitrogens is 2. The van der Waals surface area contributed by atoms with Crippen molar-refractivity contribution in [2.24, 2.45) is 0 Å². The first-order valence-corrected chi connectivity index (χ1v) is 11.1. The molecule has 28 heavy (non-hydrogen) atoms. The third-order valence-electron chi connectivity index (χ3n) is 5.11. The molecule has 2 fully saturated rings. The standard InChI is InChI=1S/C19H23BrFN3O2.C2H6/c1-12-11-14-17(16(21)15(12)20)22-19(26-13-5-9-25-10-6-13)23-18(14)24-7-3-2-4-8-24;1-2/h11,13H,2-10H2,1H3;1-2H3. The Balaban J connectivity index is 0.00000109. The van der Waals surface area contributed by atoms with E-state index in [2.05, 4.69) is 25.8 Å². The van der Waals surface area contributed by atoms with Crippen molar-refractivity contribution in [3.8, 4) is 6.01 Å². The van der Waals surface area contributed by atoms with E-state index in [1.54, 1.807) is 0 Å². The van der Waals surface area contributed by atoms with Crippen LogP contribution in [0.5, 0.6) is 6.01 Å². The zero-order valence-electron chi connectivity index (χ0n) is 16.9. The van der Waals surface area contributed by atoms with Gasteiger partial charge in [-0.1, -0.05) is 13.8 Å². The molecule has 0 N–H and O–H groups in total. The summed E-state index contributed by atoms with van der Waals surface area (Å²) in [5.74, 6) is 0.434. The molecule has 0 aliphatic carbocycles. The van der Waals surface area contributed by atoms with Gasteiger partial charge in [0, 0.05) is 31.3 Å². The molecule has 1 aromatic heterocycles. The molecule has 2 aliphatic rings. The molecule has 2 aromatic rings. The van der Waals surface area contributed by atoms with Crippen LogP contribution in [0.1, 0.15) is 51.5 Å². The first kappa shape index (κ1) is 21.2. The van der Waals surface area contributed by atoms with Gasteiger partial charge in [-0.05, 0) is 53.7 Å². The molecule has 0 atom stereocenters. The fourth-order valence-electron chi connectivity index (χ4n) is 3.64. The van der Waals surface area contributed by atoms with Gasteiger partial charge in [-0.3, -0.25) is 0 Å². The van der Waals surface area contributed by atoms with Crippen LogP contribution in [0.2, 0.25) is 0 Å². The van der Waals surface area contributed by atoms with E-state index in [4.69, 9.17) is 14.5 Å². The summed E-state index contributed by atoms with van der Waals surface area (Å²) in [5, 5.41) is 0.754. The molecular formula is C21H29BrFN3O2. The summed E-state index contributed by atoms with van der Waals surface area (Å²) < 4.78 is 26.8. The average Bonchev–Trinajstić information content (AvgIpc) is 2.75. The number of aryl methyl sites for hydroxylation is 1. The van der Waals surface area contributed by atoms with E-state index in [-0.39, 0.29) is 17.9 Å². The Labute approximate surface area is 174 Å². The molecule has 5 nitrogen and oxygen atoms in total. The lowest BCUT2D eigenvalue weighted by molar-refractivity contribution is 0.0219. The van der Waals surface area contributed by atoms with Crippen LogP contribution in [0.25, 0.3) is 10.9 Å². The number of halogens is 2. The Morgan fingerprint density at radius 2 is 1.82 bits per heavy atom. The molecule has 0 radical (unpaired) electrons. The van der Waals surface area contributed by atoms with E-state index >= 15 is 0 Å². The van der Waals surface area contributed by atoms with Crippen molar-refractivity contribution in [2.75, 3.05) is 31.2 Å². The molecule has 2 aliphatic heterocycles. The molecule has 7 heteroatoms. The maximum atomic E-state index is 14.9. The van der Waals surface area contributed by atoms with Crippen LogP contribution in [0.3, 0.4) is 0 Å². The van der Waals surface area contributed by atoms with Gasteiger partial charge < -0.3 is 14.4 Å². The number of benzene rings is 1. The van der Waals surface area contributed by atoms with Gasteiger partial charge >= 0.3 is 6.01 Å². The van der Waals surface area contributed by atoms with Crippen LogP contribution in [0.15, 0.2) is 10.5 Å². The number of rotatable bonds is 3. The maximum absolute atomic E-state index is 14.9. The predicted molar refractivity (Wildman–Crippen MR) is 114 cm³/mol. The van der Waals surface area contributed by atoms with Gasteiger partial charge in [-0.15, -0.1) is 0 Å². The van der Waals surface area contributed by atoms with Gasteiger partial charge in [0.1, 0.15) is 17.4 Å². The zero-order chi connectivity index (χ0) is 20.1. The maximum Gasteiger partial charge on any atom is 0.319 e. The van der Waals surface area contributed by atoms with E-state index in [9.17, 15) is 4.39 Å². The summed E-state index contributed by atoms with van der Waals surface area (Å²) in [5.41, 5.74) is 1.16. The zero-order valence-corrected chi connectivity index (χ0v) is 18.5. The Morgan fingerprint density at radius 1 is 1.14 bits per heavy atom. The molecule has 2 saturated heterocycles. The second-order valence-corrected chi connectivity index (χ2v) is 7.82. The summed E-state index contributed by atoms with van der Waals surface area (Å²) in [6.45, 7) is 9.10. The van der Waals surface area contributed by atoms with Crippen LogP contribution in [0, 0.1) is 12.7 Å². The monoisotopic (exact) mass is 453 g/mol. The molecule has 0 saturated carbocycles. The highest BCUT2D eigenvalue weighted by Crippen LogP contribution is 2.35. The van der Waals surface area contributed by atoms with Gasteiger partial charge in [0.2, 0.25) is 0 Å². The fraction of sp³-hybridized carbons (Fsp3) is 0.619. The highest BCUT2D eigenvalue weighted by molar-refractivity contribution is 9.10. The lowest BCUT2D eigenvalue weighted by Crippen LogP contribution is -2.31. The normalized spacial score (nSPS) is 18.0. The number of fused-ring (bicyclic) bond motifs is 1. The van der Waals surface area contributed by atoms with Crippen LogP contribution in [-0.2, 0) is 4.74 Å². The van der Waals surface area contributed by atoms with Gasteiger partial charge in [0.05, 0.1) is 17.7 Å². The molecule has 0 bridgehead atoms. The van der Waals surface area contributed by atoms with Crippen LogP contribution < -0.4 is 9.64 Å². The van der Waals surface area contributed by atoms with Gasteiger partial charge in [0.25, 0.3) is 0 Å². The van der Waals surface area contributed by atoms with Crippen LogP contribution in [-0.4, -0.2) is 42.4 Å². The number of piperidine rings is 1.